The molecule has 3 N–H and O–H groups in total. The first-order chi connectivity index (χ1) is 28.0. The van der Waals surface area contributed by atoms with Crippen molar-refractivity contribution in [3.05, 3.63) is 82.9 Å². The fourth-order valence-electron chi connectivity index (χ4n) is 9.82. The van der Waals surface area contributed by atoms with Gasteiger partial charge in [0.25, 0.3) is 0 Å². The van der Waals surface area contributed by atoms with Crippen LogP contribution in [0.1, 0.15) is 104 Å². The Kier molecular flexibility index (Phi) is 11.9. The number of nitrogens with one attached hydrogen (secondary N) is 1. The first kappa shape index (κ1) is 44.4. The normalized spacial score (nSPS) is 31.6. The van der Waals surface area contributed by atoms with Gasteiger partial charge in [-0.2, -0.15) is 0 Å². The van der Waals surface area contributed by atoms with Crippen molar-refractivity contribution in [2.45, 2.75) is 135 Å². The van der Waals surface area contributed by atoms with E-state index in [9.17, 15) is 34.2 Å². The summed E-state index contributed by atoms with van der Waals surface area (Å²) in [5.41, 5.74) is -7.11. The maximum atomic E-state index is 15.4. The molecule has 0 spiro atoms. The van der Waals surface area contributed by atoms with E-state index in [2.05, 4.69) is 5.32 Å². The molecule has 4 aliphatic rings. The van der Waals surface area contributed by atoms with Crippen molar-refractivity contribution in [2.75, 3.05) is 6.61 Å². The minimum atomic E-state index is -2.27. The van der Waals surface area contributed by atoms with Gasteiger partial charge in [-0.15, -0.1) is 0 Å². The van der Waals surface area contributed by atoms with Crippen molar-refractivity contribution in [1.82, 2.24) is 5.32 Å². The van der Waals surface area contributed by atoms with Crippen LogP contribution in [0.5, 0.6) is 0 Å². The van der Waals surface area contributed by atoms with Gasteiger partial charge in [0.1, 0.15) is 29.5 Å². The van der Waals surface area contributed by atoms with E-state index in [1.807, 2.05) is 0 Å². The number of carbonyl (C=O) groups excluding carboxylic acids is 6. The lowest BCUT2D eigenvalue weighted by Gasteiger charge is -2.66. The number of esters is 4. The van der Waals surface area contributed by atoms with E-state index in [1.165, 1.54) is 19.1 Å². The molecule has 1 unspecified atom stereocenters. The van der Waals surface area contributed by atoms with Crippen molar-refractivity contribution in [1.29, 1.82) is 0 Å². The Morgan fingerprint density at radius 3 is 2.07 bits per heavy atom. The molecule has 2 bridgehead atoms. The Labute approximate surface area is 349 Å². The summed E-state index contributed by atoms with van der Waals surface area (Å²) < 4.78 is 35.9. The molecule has 0 radical (unpaired) electrons. The van der Waals surface area contributed by atoms with E-state index in [0.29, 0.717) is 5.56 Å². The molecule has 15 heteroatoms. The smallest absolute Gasteiger partial charge is 0.408 e. The van der Waals surface area contributed by atoms with Gasteiger partial charge in [-0.1, -0.05) is 69.3 Å². The first-order valence-electron chi connectivity index (χ1n) is 20.1. The Balaban J connectivity index is 1.52. The van der Waals surface area contributed by atoms with Crippen molar-refractivity contribution in [3.8, 4) is 0 Å². The standard InChI is InChI=1S/C45H55NO14/c1-24-29(57-39(52)33(49)32(27-16-12-10-13-17-27)46-40(53)60-41(4,5)6)22-45(54)37(58-38(51)28-18-14-11-15-19-28)35-43(9,21-20-30-44(35,23-55-30)59-26(3)48)36(50)34(56-25(2)47)31(24)42(45,7)8/h10-19,29-30,32-35,37,49,54H,20-23H2,1-9H3,(H,46,53)/t29?,30-,32+,33-,34-,35+,37+,43-,44+,45-/m1/s1. The average molecular weight is 834 g/mol. The third kappa shape index (κ3) is 7.82. The number of ketones is 1. The molecule has 15 nitrogen and oxygen atoms in total. The van der Waals surface area contributed by atoms with Crippen molar-refractivity contribution >= 4 is 35.8 Å². The lowest BCUT2D eigenvalue weighted by molar-refractivity contribution is -0.332. The van der Waals surface area contributed by atoms with Gasteiger partial charge >= 0.3 is 30.0 Å². The highest BCUT2D eigenvalue weighted by Gasteiger charge is 2.76. The summed E-state index contributed by atoms with van der Waals surface area (Å²) >= 11 is 0. The average Bonchev–Trinajstić information content (AvgIpc) is 3.15. The van der Waals surface area contributed by atoms with Crippen LogP contribution in [0.2, 0.25) is 0 Å². The van der Waals surface area contributed by atoms with Crippen LogP contribution < -0.4 is 5.32 Å². The topological polar surface area (TPSA) is 210 Å². The van der Waals surface area contributed by atoms with Gasteiger partial charge in [-0.05, 0) is 69.4 Å². The van der Waals surface area contributed by atoms with Crippen LogP contribution in [0.15, 0.2) is 71.8 Å². The molecule has 1 saturated heterocycles. The molecular weight excluding hydrogens is 778 g/mol. The Hall–Kier alpha value is -5.12. The number of ether oxygens (including phenoxy) is 6. The third-order valence-electron chi connectivity index (χ3n) is 12.7. The molecule has 324 valence electrons. The molecule has 2 aromatic carbocycles. The molecule has 60 heavy (non-hydrogen) atoms. The lowest BCUT2D eigenvalue weighted by Crippen LogP contribution is -2.79. The van der Waals surface area contributed by atoms with Crippen LogP contribution in [-0.4, -0.2) is 99.9 Å². The number of hydrogen-bond donors (Lipinski definition) is 3. The molecule has 2 saturated carbocycles. The number of Topliss-reactive ketones (excluding diaryl/α,β-unsaturated/α-hetero) is 1. The molecule has 1 heterocycles. The highest BCUT2D eigenvalue weighted by molar-refractivity contribution is 5.95. The SMILES string of the molecule is CC(=O)O[C@H]1C(=O)[C@]2(C)CC[C@H]3OC[C@@]3(OC(C)=O)[C@H]2[C@H](OC(=O)c2ccccc2)[C@]2(O)CC(OC(=O)[C@H](O)[C@@H](NC(=O)OC(C)(C)C)c3ccccc3)C(C)=C1C2(C)C. The molecule has 10 atom stereocenters. The van der Waals surface area contributed by atoms with Crippen molar-refractivity contribution in [3.63, 3.8) is 0 Å². The third-order valence-corrected chi connectivity index (χ3v) is 12.7. The fraction of sp³-hybridized carbons (Fsp3) is 0.556. The van der Waals surface area contributed by atoms with E-state index >= 15 is 4.79 Å². The zero-order valence-electron chi connectivity index (χ0n) is 35.4. The Morgan fingerprint density at radius 2 is 1.52 bits per heavy atom. The minimum absolute atomic E-state index is 0.101. The maximum absolute atomic E-state index is 15.4. The summed E-state index contributed by atoms with van der Waals surface area (Å²) in [4.78, 5) is 82.7. The molecule has 3 aliphatic carbocycles. The van der Waals surface area contributed by atoms with Gasteiger partial charge in [-0.25, -0.2) is 14.4 Å². The zero-order chi connectivity index (χ0) is 44.2. The predicted octanol–water partition coefficient (Wildman–Crippen LogP) is 4.86. The van der Waals surface area contributed by atoms with Gasteiger partial charge < -0.3 is 44.0 Å². The van der Waals surface area contributed by atoms with Crippen molar-refractivity contribution < 1.29 is 67.4 Å². The van der Waals surface area contributed by atoms with Gasteiger partial charge in [-0.3, -0.25) is 14.4 Å². The molecule has 1 aliphatic heterocycles. The quantitative estimate of drug-likeness (QED) is 0.175. The summed E-state index contributed by atoms with van der Waals surface area (Å²) in [5, 5.41) is 27.9. The molecule has 2 aromatic rings. The maximum Gasteiger partial charge on any atom is 0.408 e. The van der Waals surface area contributed by atoms with E-state index in [-0.39, 0.29) is 36.2 Å². The molecule has 0 aromatic heterocycles. The highest BCUT2D eigenvalue weighted by Crippen LogP contribution is 2.64. The Morgan fingerprint density at radius 1 is 0.900 bits per heavy atom. The van der Waals surface area contributed by atoms with Crippen LogP contribution in [0, 0.1) is 16.7 Å². The summed E-state index contributed by atoms with van der Waals surface area (Å²) in [5.74, 6) is -5.49. The van der Waals surface area contributed by atoms with Gasteiger partial charge in [0.15, 0.2) is 23.6 Å². The monoisotopic (exact) mass is 833 g/mol. The highest BCUT2D eigenvalue weighted by atomic mass is 16.6. The molecule has 3 fully saturated rings. The number of alkyl carbamates (subject to hydrolysis) is 1. The summed E-state index contributed by atoms with van der Waals surface area (Å²) in [6, 6.07) is 14.9. The molecule has 6 rings (SSSR count). The number of fused-ring (bicyclic) bond motifs is 5. The van der Waals surface area contributed by atoms with Crippen LogP contribution in [0.3, 0.4) is 0 Å². The van der Waals surface area contributed by atoms with E-state index in [1.54, 1.807) is 97.0 Å². The lowest BCUT2D eigenvalue weighted by atomic mass is 9.45. The second kappa shape index (κ2) is 16.1. The summed E-state index contributed by atoms with van der Waals surface area (Å²) in [6.45, 7) is 13.5. The number of aliphatic hydroxyl groups is 2. The van der Waals surface area contributed by atoms with Crippen LogP contribution in [0.25, 0.3) is 0 Å². The number of benzene rings is 2. The van der Waals surface area contributed by atoms with E-state index in [0.717, 1.165) is 6.92 Å². The van der Waals surface area contributed by atoms with Crippen molar-refractivity contribution in [2.24, 2.45) is 16.7 Å². The predicted molar refractivity (Wildman–Crippen MR) is 212 cm³/mol. The number of rotatable bonds is 9. The molecular formula is C45H55NO14. The number of hydrogen-bond acceptors (Lipinski definition) is 14. The van der Waals surface area contributed by atoms with E-state index < -0.39 is 112 Å². The Bertz CT molecular complexity index is 2060. The van der Waals surface area contributed by atoms with Gasteiger partial charge in [0.2, 0.25) is 0 Å². The molecule has 1 amide bonds. The van der Waals surface area contributed by atoms with Crippen LogP contribution >= 0.6 is 0 Å². The van der Waals surface area contributed by atoms with E-state index in [4.69, 9.17) is 28.4 Å². The van der Waals surface area contributed by atoms with Crippen LogP contribution in [-0.2, 0) is 47.6 Å². The van der Waals surface area contributed by atoms with Gasteiger partial charge in [0, 0.05) is 31.1 Å². The number of aliphatic hydroxyl groups excluding tert-OH is 1. The minimum Gasteiger partial charge on any atom is -0.456 e. The summed E-state index contributed by atoms with van der Waals surface area (Å²) in [7, 11) is 0. The summed E-state index contributed by atoms with van der Waals surface area (Å²) in [6.07, 6.45) is -8.55. The second-order valence-corrected chi connectivity index (χ2v) is 18.1. The second-order valence-electron chi connectivity index (χ2n) is 18.1. The van der Waals surface area contributed by atoms with Gasteiger partial charge in [0.05, 0.1) is 24.1 Å². The largest absolute Gasteiger partial charge is 0.456 e. The number of carbonyl (C=O) groups is 6. The van der Waals surface area contributed by atoms with Crippen LogP contribution in [0.4, 0.5) is 4.79 Å². The number of amides is 1. The zero-order valence-corrected chi connectivity index (χ0v) is 35.4. The first-order valence-corrected chi connectivity index (χ1v) is 20.1. The fourth-order valence-corrected chi connectivity index (χ4v) is 9.82.